The van der Waals surface area contributed by atoms with E-state index in [2.05, 4.69) is 5.32 Å². The molecule has 4 rings (SSSR count). The quantitative estimate of drug-likeness (QED) is 0.411. The molecule has 1 aromatic carbocycles. The van der Waals surface area contributed by atoms with Crippen LogP contribution in [0.1, 0.15) is 6.42 Å². The minimum absolute atomic E-state index is 0.000507. The minimum Gasteiger partial charge on any atom is -0.325 e. The topological polar surface area (TPSA) is 113 Å². The molecule has 29 heavy (non-hydrogen) atoms. The molecule has 4 atom stereocenters. The van der Waals surface area contributed by atoms with Crippen molar-refractivity contribution in [2.45, 2.75) is 11.3 Å². The average molecular weight is 419 g/mol. The summed E-state index contributed by atoms with van der Waals surface area (Å²) in [5, 5.41) is 2.60. The maximum absolute atomic E-state index is 12.6. The largest absolute Gasteiger partial charge is 0.325 e. The zero-order valence-electron chi connectivity index (χ0n) is 15.9. The number of rotatable bonds is 6. The molecule has 1 saturated carbocycles. The van der Waals surface area contributed by atoms with Gasteiger partial charge < -0.3 is 5.32 Å². The number of hydrogen-bond donors (Lipinski definition) is 1. The van der Waals surface area contributed by atoms with Crippen LogP contribution in [0, 0.1) is 23.7 Å². The highest BCUT2D eigenvalue weighted by atomic mass is 32.2. The lowest BCUT2D eigenvalue weighted by molar-refractivity contribution is -0.143. The van der Waals surface area contributed by atoms with Crippen LogP contribution in [-0.4, -0.2) is 56.2 Å². The summed E-state index contributed by atoms with van der Waals surface area (Å²) in [6.45, 7) is -0.351. The van der Waals surface area contributed by atoms with Crippen LogP contribution in [0.5, 0.6) is 0 Å². The van der Waals surface area contributed by atoms with Gasteiger partial charge in [0, 0.05) is 12.7 Å². The second kappa shape index (κ2) is 7.05. The van der Waals surface area contributed by atoms with Crippen LogP contribution >= 0.6 is 0 Å². The number of carbonyl (C=O) groups is 3. The molecule has 0 aromatic heterocycles. The summed E-state index contributed by atoms with van der Waals surface area (Å²) < 4.78 is 25.1. The predicted molar refractivity (Wildman–Crippen MR) is 101 cm³/mol. The summed E-state index contributed by atoms with van der Waals surface area (Å²) in [6, 6.07) is 5.53. The van der Waals surface area contributed by atoms with Crippen LogP contribution in [0.2, 0.25) is 0 Å². The van der Waals surface area contributed by atoms with Crippen molar-refractivity contribution in [1.82, 2.24) is 9.37 Å². The van der Waals surface area contributed by atoms with E-state index in [4.69, 9.17) is 4.84 Å². The Morgan fingerprint density at radius 3 is 2.21 bits per heavy atom. The Bertz CT molecular complexity index is 973. The number of fused-ring (bicyclic) bond motifs is 5. The van der Waals surface area contributed by atoms with Crippen molar-refractivity contribution in [2.75, 3.05) is 26.0 Å². The molecule has 0 unspecified atom stereocenters. The van der Waals surface area contributed by atoms with Gasteiger partial charge in [0.2, 0.25) is 17.7 Å². The van der Waals surface area contributed by atoms with Gasteiger partial charge in [0.1, 0.15) is 6.54 Å². The molecule has 10 heteroatoms. The van der Waals surface area contributed by atoms with Gasteiger partial charge in [-0.15, -0.1) is 0 Å². The number of amides is 3. The van der Waals surface area contributed by atoms with Gasteiger partial charge in [-0.1, -0.05) is 16.6 Å². The fraction of sp³-hybridized carbons (Fsp3) is 0.421. The van der Waals surface area contributed by atoms with Gasteiger partial charge in [0.25, 0.3) is 10.0 Å². The first-order valence-corrected chi connectivity index (χ1v) is 10.6. The number of allylic oxidation sites excluding steroid dienone is 2. The monoisotopic (exact) mass is 419 g/mol. The molecule has 3 aliphatic rings. The lowest BCUT2D eigenvalue weighted by Gasteiger charge is -2.17. The number of anilines is 1. The number of hydrogen-bond acceptors (Lipinski definition) is 6. The highest BCUT2D eigenvalue weighted by Crippen LogP contribution is 2.52. The Kier molecular flexibility index (Phi) is 4.80. The van der Waals surface area contributed by atoms with E-state index >= 15 is 0 Å². The number of imide groups is 1. The first kappa shape index (κ1) is 19.7. The number of carbonyl (C=O) groups excluding carboxylic acids is 3. The number of nitrogens with zero attached hydrogens (tertiary/aromatic N) is 2. The molecule has 2 bridgehead atoms. The van der Waals surface area contributed by atoms with E-state index in [1.807, 2.05) is 12.2 Å². The molecule has 2 aliphatic carbocycles. The third-order valence-corrected chi connectivity index (χ3v) is 7.59. The SMILES string of the molecule is CON(C)S(=O)(=O)c1ccc(NC(=O)CN2C(=O)[C@H]3[C@H](C2=O)[C@H]2C=C[C@H]3C2)cc1. The number of likely N-dealkylation sites (tertiary alicyclic amines) is 1. The molecule has 1 heterocycles. The fourth-order valence-electron chi connectivity index (χ4n) is 4.42. The highest BCUT2D eigenvalue weighted by Gasteiger charge is 2.59. The van der Waals surface area contributed by atoms with Gasteiger partial charge >= 0.3 is 0 Å². The van der Waals surface area contributed by atoms with E-state index in [1.165, 1.54) is 38.4 Å². The lowest BCUT2D eigenvalue weighted by atomic mass is 9.85. The van der Waals surface area contributed by atoms with Crippen LogP contribution in [0.3, 0.4) is 0 Å². The van der Waals surface area contributed by atoms with Crippen molar-refractivity contribution in [3.8, 4) is 0 Å². The van der Waals surface area contributed by atoms with E-state index < -0.39 is 15.9 Å². The maximum atomic E-state index is 12.6. The Morgan fingerprint density at radius 2 is 1.69 bits per heavy atom. The standard InChI is InChI=1S/C19H21N3O6S/c1-21(28-2)29(26,27)14-7-5-13(6-8-14)20-15(23)10-22-18(24)16-11-3-4-12(9-11)17(16)19(22)25/h3-8,11-12,16-17H,9-10H2,1-2H3,(H,20,23)/t11-,12-,16+,17+/m0/s1. The summed E-state index contributed by atoms with van der Waals surface area (Å²) >= 11 is 0. The van der Waals surface area contributed by atoms with E-state index in [0.717, 1.165) is 15.8 Å². The first-order valence-electron chi connectivity index (χ1n) is 9.20. The van der Waals surface area contributed by atoms with Crippen molar-refractivity contribution < 1.29 is 27.6 Å². The number of benzene rings is 1. The molecule has 2 fully saturated rings. The second-order valence-corrected chi connectivity index (χ2v) is 9.37. The average Bonchev–Trinajstić information content (AvgIpc) is 3.38. The molecule has 1 N–H and O–H groups in total. The highest BCUT2D eigenvalue weighted by molar-refractivity contribution is 7.89. The van der Waals surface area contributed by atoms with E-state index in [0.29, 0.717) is 5.69 Å². The summed E-state index contributed by atoms with van der Waals surface area (Å²) in [4.78, 5) is 43.4. The Balaban J connectivity index is 1.41. The fourth-order valence-corrected chi connectivity index (χ4v) is 5.39. The first-order chi connectivity index (χ1) is 13.7. The Labute approximate surface area is 168 Å². The molecule has 9 nitrogen and oxygen atoms in total. The van der Waals surface area contributed by atoms with Crippen molar-refractivity contribution in [1.29, 1.82) is 0 Å². The van der Waals surface area contributed by atoms with E-state index in [9.17, 15) is 22.8 Å². The molecule has 1 saturated heterocycles. The third kappa shape index (κ3) is 3.17. The van der Waals surface area contributed by atoms with Crippen LogP contribution in [0.15, 0.2) is 41.3 Å². The summed E-state index contributed by atoms with van der Waals surface area (Å²) in [6.07, 6.45) is 4.83. The Hall–Kier alpha value is -2.56. The Morgan fingerprint density at radius 1 is 1.14 bits per heavy atom. The van der Waals surface area contributed by atoms with E-state index in [-0.39, 0.29) is 46.9 Å². The van der Waals surface area contributed by atoms with Crippen molar-refractivity contribution in [3.05, 3.63) is 36.4 Å². The van der Waals surface area contributed by atoms with Gasteiger partial charge in [0.05, 0.1) is 23.8 Å². The van der Waals surface area contributed by atoms with Gasteiger partial charge in [-0.05, 0) is 42.5 Å². The van der Waals surface area contributed by atoms with Crippen molar-refractivity contribution >= 4 is 33.4 Å². The van der Waals surface area contributed by atoms with Gasteiger partial charge in [-0.25, -0.2) is 8.42 Å². The number of sulfonamides is 1. The molecular formula is C19H21N3O6S. The van der Waals surface area contributed by atoms with E-state index in [1.54, 1.807) is 0 Å². The summed E-state index contributed by atoms with van der Waals surface area (Å²) in [5.41, 5.74) is 0.357. The molecule has 0 radical (unpaired) electrons. The molecule has 154 valence electrons. The van der Waals surface area contributed by atoms with Gasteiger partial charge in [-0.2, -0.15) is 0 Å². The lowest BCUT2D eigenvalue weighted by Crippen LogP contribution is -2.39. The molecular weight excluding hydrogens is 398 g/mol. The van der Waals surface area contributed by atoms with Crippen LogP contribution < -0.4 is 5.32 Å². The van der Waals surface area contributed by atoms with Crippen LogP contribution in [-0.2, 0) is 29.2 Å². The zero-order valence-corrected chi connectivity index (χ0v) is 16.8. The van der Waals surface area contributed by atoms with Gasteiger partial charge in [0.15, 0.2) is 0 Å². The normalized spacial score (nSPS) is 27.8. The number of nitrogens with one attached hydrogen (secondary N) is 1. The molecule has 0 spiro atoms. The predicted octanol–water partition coefficient (Wildman–Crippen LogP) is 0.614. The zero-order chi connectivity index (χ0) is 20.9. The van der Waals surface area contributed by atoms with Crippen LogP contribution in [0.4, 0.5) is 5.69 Å². The molecule has 3 amide bonds. The third-order valence-electron chi connectivity index (χ3n) is 5.89. The van der Waals surface area contributed by atoms with Crippen molar-refractivity contribution in [3.63, 3.8) is 0 Å². The smallest absolute Gasteiger partial charge is 0.264 e. The minimum atomic E-state index is -3.79. The van der Waals surface area contributed by atoms with Gasteiger partial charge in [-0.3, -0.25) is 24.1 Å². The van der Waals surface area contributed by atoms with Crippen LogP contribution in [0.25, 0.3) is 0 Å². The van der Waals surface area contributed by atoms with Crippen molar-refractivity contribution in [2.24, 2.45) is 23.7 Å². The maximum Gasteiger partial charge on any atom is 0.264 e. The number of hydroxylamine groups is 1. The summed E-state index contributed by atoms with van der Waals surface area (Å²) in [5.74, 6) is -1.58. The summed E-state index contributed by atoms with van der Waals surface area (Å²) in [7, 11) is -1.28. The second-order valence-electron chi connectivity index (χ2n) is 7.43. The molecule has 1 aliphatic heterocycles. The molecule has 1 aromatic rings.